The van der Waals surface area contributed by atoms with Crippen molar-refractivity contribution in [3.05, 3.63) is 130 Å². The molecule has 0 bridgehead atoms. The van der Waals surface area contributed by atoms with E-state index in [-0.39, 0.29) is 11.1 Å². The van der Waals surface area contributed by atoms with E-state index in [2.05, 4.69) is 4.90 Å². The molecule has 0 radical (unpaired) electrons. The Kier molecular flexibility index (Phi) is 6.67. The molecule has 0 spiro atoms. The molecule has 0 aliphatic heterocycles. The van der Waals surface area contributed by atoms with Crippen LogP contribution >= 0.6 is 11.3 Å². The molecule has 6 heteroatoms. The van der Waals surface area contributed by atoms with Crippen LogP contribution in [0.4, 0.5) is 16.4 Å². The number of fused-ring (bicyclic) bond motifs is 1. The number of anilines is 3. The van der Waals surface area contributed by atoms with Gasteiger partial charge in [0.15, 0.2) is 0 Å². The number of hydrogen-bond donors (Lipinski definition) is 0. The molecule has 5 nitrogen and oxygen atoms in total. The van der Waals surface area contributed by atoms with E-state index in [0.29, 0.717) is 27.8 Å². The Labute approximate surface area is 224 Å². The minimum Gasteiger partial charge on any atom is -0.302 e. The Morgan fingerprint density at radius 1 is 0.579 bits per heavy atom. The van der Waals surface area contributed by atoms with Gasteiger partial charge in [-0.1, -0.05) is 60.7 Å². The quantitative estimate of drug-likeness (QED) is 0.263. The van der Waals surface area contributed by atoms with Gasteiger partial charge in [-0.15, -0.1) is 11.3 Å². The van der Waals surface area contributed by atoms with Gasteiger partial charge in [-0.3, -0.25) is 0 Å². The van der Waals surface area contributed by atoms with Gasteiger partial charge in [0.1, 0.15) is 40.4 Å². The van der Waals surface area contributed by atoms with E-state index in [4.69, 9.17) is 0 Å². The van der Waals surface area contributed by atoms with Gasteiger partial charge in [-0.05, 0) is 59.2 Å². The maximum atomic E-state index is 9.76. The molecule has 0 saturated heterocycles. The first-order chi connectivity index (χ1) is 18.7. The molecule has 3 aromatic carbocycles. The summed E-state index contributed by atoms with van der Waals surface area (Å²) in [6.07, 6.45) is 1.86. The lowest BCUT2D eigenvalue weighted by Gasteiger charge is -2.23. The number of hydrogen-bond acceptors (Lipinski definition) is 6. The third kappa shape index (κ3) is 4.26. The Hall–Kier alpha value is -5.66. The summed E-state index contributed by atoms with van der Waals surface area (Å²) in [6, 6.07) is 39.2. The fraction of sp³-hybridized carbons (Fsp3) is 0. The van der Waals surface area contributed by atoms with Gasteiger partial charge in [-0.2, -0.15) is 21.0 Å². The second kappa shape index (κ2) is 10.5. The zero-order chi connectivity index (χ0) is 26.5. The predicted octanol–water partition coefficient (Wildman–Crippen LogP) is 7.92. The van der Waals surface area contributed by atoms with E-state index >= 15 is 0 Å². The molecule has 0 fully saturated rings. The van der Waals surface area contributed by atoms with Crippen LogP contribution in [0.3, 0.4) is 0 Å². The summed E-state index contributed by atoms with van der Waals surface area (Å²) in [7, 11) is 0. The van der Waals surface area contributed by atoms with Crippen LogP contribution in [0.15, 0.2) is 114 Å². The SMILES string of the molecule is N#CC(C#N)=C1C(=Cc2ccc(N(c3ccccc3)c3ccccc3)s2)C(=C(C#N)C#N)c2ccccc21. The smallest absolute Gasteiger partial charge is 0.138 e. The van der Waals surface area contributed by atoms with Gasteiger partial charge in [0, 0.05) is 27.4 Å². The molecular weight excluding hydrogens is 486 g/mol. The van der Waals surface area contributed by atoms with Crippen molar-refractivity contribution in [2.75, 3.05) is 4.90 Å². The molecule has 0 N–H and O–H groups in total. The zero-order valence-electron chi connectivity index (χ0n) is 20.0. The molecule has 1 aliphatic carbocycles. The lowest BCUT2D eigenvalue weighted by molar-refractivity contribution is 1.32. The lowest BCUT2D eigenvalue weighted by Crippen LogP contribution is -2.07. The molecule has 0 amide bonds. The number of nitrogens with zero attached hydrogens (tertiary/aromatic N) is 5. The van der Waals surface area contributed by atoms with Crippen molar-refractivity contribution in [1.29, 1.82) is 21.0 Å². The van der Waals surface area contributed by atoms with Gasteiger partial charge < -0.3 is 4.90 Å². The van der Waals surface area contributed by atoms with E-state index in [1.165, 1.54) is 11.3 Å². The summed E-state index contributed by atoms with van der Waals surface area (Å²) in [6.45, 7) is 0. The lowest BCUT2D eigenvalue weighted by atomic mass is 9.96. The number of nitriles is 4. The van der Waals surface area contributed by atoms with Crippen LogP contribution in [0, 0.1) is 45.3 Å². The summed E-state index contributed by atoms with van der Waals surface area (Å²) in [5, 5.41) is 40.0. The summed E-state index contributed by atoms with van der Waals surface area (Å²) in [5.41, 5.74) is 4.55. The number of rotatable bonds is 4. The van der Waals surface area contributed by atoms with Gasteiger partial charge in [0.25, 0.3) is 0 Å². The second-order valence-electron chi connectivity index (χ2n) is 8.23. The van der Waals surface area contributed by atoms with Crippen molar-refractivity contribution in [1.82, 2.24) is 0 Å². The summed E-state index contributed by atoms with van der Waals surface area (Å²) < 4.78 is 0. The largest absolute Gasteiger partial charge is 0.302 e. The molecule has 176 valence electrons. The van der Waals surface area contributed by atoms with Crippen molar-refractivity contribution in [2.45, 2.75) is 0 Å². The third-order valence-corrected chi connectivity index (χ3v) is 7.12. The van der Waals surface area contributed by atoms with Crippen LogP contribution in [0.25, 0.3) is 17.2 Å². The minimum atomic E-state index is -0.0686. The highest BCUT2D eigenvalue weighted by atomic mass is 32.1. The topological polar surface area (TPSA) is 98.4 Å². The molecule has 0 unspecified atom stereocenters. The van der Waals surface area contributed by atoms with Gasteiger partial charge >= 0.3 is 0 Å². The van der Waals surface area contributed by atoms with Crippen molar-refractivity contribution in [3.8, 4) is 24.3 Å². The minimum absolute atomic E-state index is 0.0686. The maximum Gasteiger partial charge on any atom is 0.138 e. The highest BCUT2D eigenvalue weighted by molar-refractivity contribution is 7.17. The highest BCUT2D eigenvalue weighted by Crippen LogP contribution is 2.49. The van der Waals surface area contributed by atoms with Crippen molar-refractivity contribution in [2.24, 2.45) is 0 Å². The second-order valence-corrected chi connectivity index (χ2v) is 9.33. The van der Waals surface area contributed by atoms with E-state index in [0.717, 1.165) is 21.3 Å². The van der Waals surface area contributed by atoms with Crippen LogP contribution in [0.5, 0.6) is 0 Å². The van der Waals surface area contributed by atoms with Crippen LogP contribution < -0.4 is 4.90 Å². The van der Waals surface area contributed by atoms with E-state index in [9.17, 15) is 21.0 Å². The average Bonchev–Trinajstić information content (AvgIpc) is 3.55. The van der Waals surface area contributed by atoms with Crippen LogP contribution in [-0.2, 0) is 0 Å². The van der Waals surface area contributed by atoms with E-state index in [1.54, 1.807) is 12.1 Å². The first-order valence-corrected chi connectivity index (χ1v) is 12.4. The molecule has 5 rings (SSSR count). The molecule has 1 heterocycles. The van der Waals surface area contributed by atoms with Crippen molar-refractivity contribution >= 4 is 44.9 Å². The molecule has 1 aliphatic rings. The number of benzene rings is 3. The molecule has 0 atom stereocenters. The average molecular weight is 504 g/mol. The Morgan fingerprint density at radius 2 is 1.03 bits per heavy atom. The molecular formula is C32H17N5S. The fourth-order valence-corrected chi connectivity index (χ4v) is 5.52. The van der Waals surface area contributed by atoms with Crippen molar-refractivity contribution in [3.63, 3.8) is 0 Å². The van der Waals surface area contributed by atoms with Crippen LogP contribution in [0.1, 0.15) is 16.0 Å². The maximum absolute atomic E-state index is 9.76. The Bertz CT molecular complexity index is 1660. The van der Waals surface area contributed by atoms with E-state index in [1.807, 2.05) is 115 Å². The Balaban J connectivity index is 1.72. The number of para-hydroxylation sites is 2. The summed E-state index contributed by atoms with van der Waals surface area (Å²) in [5.74, 6) is 0. The molecule has 1 aromatic heterocycles. The van der Waals surface area contributed by atoms with Crippen LogP contribution in [-0.4, -0.2) is 0 Å². The summed E-state index contributed by atoms with van der Waals surface area (Å²) >= 11 is 1.53. The highest BCUT2D eigenvalue weighted by Gasteiger charge is 2.32. The van der Waals surface area contributed by atoms with Crippen LogP contribution in [0.2, 0.25) is 0 Å². The molecule has 4 aromatic rings. The van der Waals surface area contributed by atoms with E-state index < -0.39 is 0 Å². The predicted molar refractivity (Wildman–Crippen MR) is 150 cm³/mol. The van der Waals surface area contributed by atoms with Gasteiger partial charge in [0.05, 0.1) is 0 Å². The zero-order valence-corrected chi connectivity index (χ0v) is 20.8. The number of allylic oxidation sites excluding steroid dienone is 5. The first kappa shape index (κ1) is 24.1. The van der Waals surface area contributed by atoms with Gasteiger partial charge in [0.2, 0.25) is 0 Å². The standard InChI is InChI=1S/C32H17N5S/c33-18-22(19-34)31-27-13-7-8-14-28(27)32(23(20-35)21-36)29(31)17-26-15-16-30(38-26)37(24-9-3-1-4-10-24)25-11-5-2-6-12-25/h1-17H. The normalized spacial score (nSPS) is 11.4. The fourth-order valence-electron chi connectivity index (χ4n) is 4.53. The third-order valence-electron chi connectivity index (χ3n) is 6.10. The molecule has 0 saturated carbocycles. The number of thiophene rings is 1. The first-order valence-electron chi connectivity index (χ1n) is 11.6. The Morgan fingerprint density at radius 3 is 1.47 bits per heavy atom. The molecule has 38 heavy (non-hydrogen) atoms. The summed E-state index contributed by atoms with van der Waals surface area (Å²) in [4.78, 5) is 3.00. The van der Waals surface area contributed by atoms with Gasteiger partial charge in [-0.25, -0.2) is 0 Å². The monoisotopic (exact) mass is 503 g/mol. The van der Waals surface area contributed by atoms with Crippen molar-refractivity contribution < 1.29 is 0 Å².